The monoisotopic (exact) mass is 250 g/mol. The van der Waals surface area contributed by atoms with E-state index >= 15 is 0 Å². The summed E-state index contributed by atoms with van der Waals surface area (Å²) in [7, 11) is 0. The van der Waals surface area contributed by atoms with Crippen LogP contribution in [0, 0.1) is 16.0 Å². The maximum Gasteiger partial charge on any atom is 0.311 e. The number of hydrogen-bond acceptors (Lipinski definition) is 5. The van der Waals surface area contributed by atoms with Crippen LogP contribution in [0.3, 0.4) is 0 Å². The van der Waals surface area contributed by atoms with Crippen LogP contribution in [0.25, 0.3) is 0 Å². The maximum absolute atomic E-state index is 11.0. The highest BCUT2D eigenvalue weighted by Gasteiger charge is 2.26. The Hall–Kier alpha value is -1.85. The molecule has 1 atom stereocenters. The highest BCUT2D eigenvalue weighted by molar-refractivity contribution is 5.61. The molecule has 0 saturated carbocycles. The predicted octanol–water partition coefficient (Wildman–Crippen LogP) is 2.20. The molecule has 98 valence electrons. The number of pyridine rings is 1. The lowest BCUT2D eigenvalue weighted by atomic mass is 9.95. The standard InChI is InChI=1S/C12H18N4O2/c1-2-9-4-3-7-15(8-9)12-10(16(17)18)5-6-11(13)14-12/h5-6,9H,2-4,7-8H2,1H3,(H2,13,14). The minimum Gasteiger partial charge on any atom is -0.384 e. The van der Waals surface area contributed by atoms with E-state index in [-0.39, 0.29) is 5.69 Å². The number of nitrogen functional groups attached to an aromatic ring is 1. The van der Waals surface area contributed by atoms with Gasteiger partial charge in [-0.3, -0.25) is 10.1 Å². The lowest BCUT2D eigenvalue weighted by Crippen LogP contribution is -2.36. The molecule has 1 fully saturated rings. The van der Waals surface area contributed by atoms with Gasteiger partial charge in [0, 0.05) is 19.2 Å². The number of nitrogens with zero attached hydrogens (tertiary/aromatic N) is 3. The van der Waals surface area contributed by atoms with Gasteiger partial charge in [-0.25, -0.2) is 4.98 Å². The van der Waals surface area contributed by atoms with Crippen molar-refractivity contribution in [3.8, 4) is 0 Å². The molecule has 1 aromatic rings. The molecule has 0 aliphatic carbocycles. The molecule has 0 spiro atoms. The van der Waals surface area contributed by atoms with Crippen molar-refractivity contribution in [3.05, 3.63) is 22.2 Å². The second-order valence-electron chi connectivity index (χ2n) is 4.70. The molecule has 1 aliphatic rings. The highest BCUT2D eigenvalue weighted by atomic mass is 16.6. The molecule has 18 heavy (non-hydrogen) atoms. The van der Waals surface area contributed by atoms with Gasteiger partial charge in [0.2, 0.25) is 5.82 Å². The topological polar surface area (TPSA) is 85.3 Å². The van der Waals surface area contributed by atoms with E-state index in [0.717, 1.165) is 25.9 Å². The fourth-order valence-corrected chi connectivity index (χ4v) is 2.42. The molecular weight excluding hydrogens is 232 g/mol. The summed E-state index contributed by atoms with van der Waals surface area (Å²) >= 11 is 0. The molecule has 0 bridgehead atoms. The number of anilines is 2. The Bertz CT molecular complexity index is 450. The van der Waals surface area contributed by atoms with Gasteiger partial charge >= 0.3 is 5.69 Å². The van der Waals surface area contributed by atoms with Gasteiger partial charge in [-0.1, -0.05) is 13.3 Å². The normalized spacial score (nSPS) is 19.8. The third-order valence-corrected chi connectivity index (χ3v) is 3.47. The van der Waals surface area contributed by atoms with Gasteiger partial charge in [-0.2, -0.15) is 0 Å². The predicted molar refractivity (Wildman–Crippen MR) is 70.5 cm³/mol. The number of aromatic nitrogens is 1. The molecule has 1 aliphatic heterocycles. The smallest absolute Gasteiger partial charge is 0.311 e. The molecule has 2 heterocycles. The highest BCUT2D eigenvalue weighted by Crippen LogP contribution is 2.31. The van der Waals surface area contributed by atoms with Crippen molar-refractivity contribution in [2.24, 2.45) is 5.92 Å². The van der Waals surface area contributed by atoms with Gasteiger partial charge in [0.15, 0.2) is 0 Å². The Morgan fingerprint density at radius 1 is 1.61 bits per heavy atom. The van der Waals surface area contributed by atoms with Crippen LogP contribution in [0.4, 0.5) is 17.3 Å². The van der Waals surface area contributed by atoms with Crippen molar-refractivity contribution < 1.29 is 4.92 Å². The fraction of sp³-hybridized carbons (Fsp3) is 0.583. The van der Waals surface area contributed by atoms with Crippen LogP contribution >= 0.6 is 0 Å². The first-order valence-corrected chi connectivity index (χ1v) is 6.27. The van der Waals surface area contributed by atoms with Gasteiger partial charge in [0.1, 0.15) is 5.82 Å². The Balaban J connectivity index is 2.31. The molecule has 1 aromatic heterocycles. The van der Waals surface area contributed by atoms with Gasteiger partial charge in [0.25, 0.3) is 0 Å². The first-order chi connectivity index (χ1) is 8.61. The summed E-state index contributed by atoms with van der Waals surface area (Å²) < 4.78 is 0. The zero-order chi connectivity index (χ0) is 13.1. The van der Waals surface area contributed by atoms with Crippen LogP contribution in [0.15, 0.2) is 12.1 Å². The van der Waals surface area contributed by atoms with E-state index in [9.17, 15) is 10.1 Å². The lowest BCUT2D eigenvalue weighted by Gasteiger charge is -2.32. The summed E-state index contributed by atoms with van der Waals surface area (Å²) in [5.41, 5.74) is 5.68. The van der Waals surface area contributed by atoms with E-state index in [0.29, 0.717) is 17.6 Å². The SMILES string of the molecule is CCC1CCCN(c2nc(N)ccc2[N+](=O)[O-])C1. The van der Waals surface area contributed by atoms with Crippen LogP contribution < -0.4 is 10.6 Å². The number of nitro groups is 1. The van der Waals surface area contributed by atoms with Crippen molar-refractivity contribution in [2.75, 3.05) is 23.7 Å². The van der Waals surface area contributed by atoms with Crippen LogP contribution in [-0.4, -0.2) is 23.0 Å². The van der Waals surface area contributed by atoms with Crippen molar-refractivity contribution in [3.63, 3.8) is 0 Å². The average molecular weight is 250 g/mol. The maximum atomic E-state index is 11.0. The number of rotatable bonds is 3. The second-order valence-corrected chi connectivity index (χ2v) is 4.70. The first-order valence-electron chi connectivity index (χ1n) is 6.27. The van der Waals surface area contributed by atoms with Crippen LogP contribution in [0.5, 0.6) is 0 Å². The quantitative estimate of drug-likeness (QED) is 0.656. The summed E-state index contributed by atoms with van der Waals surface area (Å²) in [6.07, 6.45) is 3.32. The summed E-state index contributed by atoms with van der Waals surface area (Å²) in [6.45, 7) is 3.79. The van der Waals surface area contributed by atoms with E-state index in [1.165, 1.54) is 18.6 Å². The van der Waals surface area contributed by atoms with E-state index in [2.05, 4.69) is 11.9 Å². The summed E-state index contributed by atoms with van der Waals surface area (Å²) in [5, 5.41) is 11.0. The van der Waals surface area contributed by atoms with Gasteiger partial charge in [-0.15, -0.1) is 0 Å². The van der Waals surface area contributed by atoms with Gasteiger partial charge in [-0.05, 0) is 24.8 Å². The Kier molecular flexibility index (Phi) is 3.64. The zero-order valence-corrected chi connectivity index (χ0v) is 10.5. The van der Waals surface area contributed by atoms with Gasteiger partial charge < -0.3 is 10.6 Å². The van der Waals surface area contributed by atoms with Crippen LogP contribution in [-0.2, 0) is 0 Å². The van der Waals surface area contributed by atoms with E-state index in [1.807, 2.05) is 4.90 Å². The van der Waals surface area contributed by atoms with Gasteiger partial charge in [0.05, 0.1) is 4.92 Å². The Morgan fingerprint density at radius 3 is 3.06 bits per heavy atom. The van der Waals surface area contributed by atoms with Crippen molar-refractivity contribution in [1.82, 2.24) is 4.98 Å². The number of piperidine rings is 1. The second kappa shape index (κ2) is 5.20. The van der Waals surface area contributed by atoms with Crippen molar-refractivity contribution >= 4 is 17.3 Å². The van der Waals surface area contributed by atoms with Crippen LogP contribution in [0.2, 0.25) is 0 Å². The fourth-order valence-electron chi connectivity index (χ4n) is 2.42. The third-order valence-electron chi connectivity index (χ3n) is 3.47. The third kappa shape index (κ3) is 2.52. The lowest BCUT2D eigenvalue weighted by molar-refractivity contribution is -0.384. The Labute approximate surface area is 106 Å². The molecule has 1 saturated heterocycles. The van der Waals surface area contributed by atoms with Crippen LogP contribution in [0.1, 0.15) is 26.2 Å². The van der Waals surface area contributed by atoms with Crippen molar-refractivity contribution in [1.29, 1.82) is 0 Å². The van der Waals surface area contributed by atoms with E-state index in [1.54, 1.807) is 0 Å². The summed E-state index contributed by atoms with van der Waals surface area (Å²) in [4.78, 5) is 16.8. The molecular formula is C12H18N4O2. The summed E-state index contributed by atoms with van der Waals surface area (Å²) in [5.74, 6) is 1.33. The average Bonchev–Trinajstić information content (AvgIpc) is 2.38. The minimum absolute atomic E-state index is 0.0425. The van der Waals surface area contributed by atoms with Crippen molar-refractivity contribution in [2.45, 2.75) is 26.2 Å². The molecule has 1 unspecified atom stereocenters. The zero-order valence-electron chi connectivity index (χ0n) is 10.5. The number of nitrogens with two attached hydrogens (primary N) is 1. The summed E-state index contributed by atoms with van der Waals surface area (Å²) in [6, 6.07) is 2.91. The largest absolute Gasteiger partial charge is 0.384 e. The molecule has 6 nitrogen and oxygen atoms in total. The minimum atomic E-state index is -0.392. The number of hydrogen-bond donors (Lipinski definition) is 1. The molecule has 2 N–H and O–H groups in total. The molecule has 6 heteroatoms. The molecule has 2 rings (SSSR count). The van der Waals surface area contributed by atoms with E-state index in [4.69, 9.17) is 5.73 Å². The van der Waals surface area contributed by atoms with E-state index < -0.39 is 4.92 Å². The Morgan fingerprint density at radius 2 is 2.39 bits per heavy atom. The molecule has 0 aromatic carbocycles. The molecule has 0 radical (unpaired) electrons. The molecule has 0 amide bonds. The first kappa shape index (κ1) is 12.6.